The standard InChI is InChI=1S/C21H28O4S/c1-20(2,26(23,24)25)14-5-7-15-13(12-14)4-6-17-16(15)10-11-21(3)18(17)8-9-19(21)22/h5,7,12,16-18H,4,6,8-11H2,1-3H3,(H,23,24,25)/t16-,17-,18+,21+/m1/s1. The molecular formula is C21H28O4S. The lowest BCUT2D eigenvalue weighted by Crippen LogP contribution is -2.42. The van der Waals surface area contributed by atoms with Crippen molar-refractivity contribution in [3.05, 3.63) is 34.9 Å². The summed E-state index contributed by atoms with van der Waals surface area (Å²) in [5.41, 5.74) is 3.07. The van der Waals surface area contributed by atoms with E-state index in [1.165, 1.54) is 11.1 Å². The Kier molecular flexibility index (Phi) is 3.95. The highest BCUT2D eigenvalue weighted by Crippen LogP contribution is 2.59. The third-order valence-electron chi connectivity index (χ3n) is 7.78. The first-order valence-corrected chi connectivity index (χ1v) is 11.1. The molecule has 4 rings (SSSR count). The van der Waals surface area contributed by atoms with Gasteiger partial charge in [0, 0.05) is 11.8 Å². The third-order valence-corrected chi connectivity index (χ3v) is 9.30. The molecule has 2 fully saturated rings. The van der Waals surface area contributed by atoms with Gasteiger partial charge in [0.15, 0.2) is 0 Å². The van der Waals surface area contributed by atoms with Gasteiger partial charge in [0.2, 0.25) is 0 Å². The van der Waals surface area contributed by atoms with E-state index >= 15 is 0 Å². The van der Waals surface area contributed by atoms with E-state index < -0.39 is 14.9 Å². The molecule has 0 heterocycles. The van der Waals surface area contributed by atoms with Crippen molar-refractivity contribution in [2.75, 3.05) is 0 Å². The Hall–Kier alpha value is -1.20. The summed E-state index contributed by atoms with van der Waals surface area (Å²) in [6.07, 6.45) is 5.76. The number of Topliss-reactive ketones (excluding diaryl/α,β-unsaturated/α-hetero) is 1. The van der Waals surface area contributed by atoms with Crippen molar-refractivity contribution in [2.24, 2.45) is 17.3 Å². The minimum atomic E-state index is -4.17. The predicted molar refractivity (Wildman–Crippen MR) is 101 cm³/mol. The number of ketones is 1. The minimum Gasteiger partial charge on any atom is -0.299 e. The SMILES string of the molecule is CC(C)(c1ccc2c(c1)CC[C@@H]1[C@@H]2CC[C@]2(C)C(=O)CC[C@@H]12)S(=O)(=O)O. The topological polar surface area (TPSA) is 71.4 Å². The zero-order valence-electron chi connectivity index (χ0n) is 15.8. The maximum absolute atomic E-state index is 12.4. The molecule has 1 aromatic carbocycles. The van der Waals surface area contributed by atoms with Crippen LogP contribution in [0.2, 0.25) is 0 Å². The van der Waals surface area contributed by atoms with Gasteiger partial charge in [-0.1, -0.05) is 25.1 Å². The van der Waals surface area contributed by atoms with E-state index in [0.29, 0.717) is 29.1 Å². The molecular weight excluding hydrogens is 348 g/mol. The van der Waals surface area contributed by atoms with E-state index in [-0.39, 0.29) is 5.41 Å². The molecule has 0 bridgehead atoms. The van der Waals surface area contributed by atoms with Crippen molar-refractivity contribution in [1.29, 1.82) is 0 Å². The maximum atomic E-state index is 12.4. The van der Waals surface area contributed by atoms with E-state index in [2.05, 4.69) is 13.0 Å². The largest absolute Gasteiger partial charge is 0.299 e. The lowest BCUT2D eigenvalue weighted by Gasteiger charge is -2.48. The molecule has 142 valence electrons. The molecule has 5 heteroatoms. The monoisotopic (exact) mass is 376 g/mol. The molecule has 0 radical (unpaired) electrons. The highest BCUT2D eigenvalue weighted by atomic mass is 32.2. The molecule has 1 N–H and O–H groups in total. The molecule has 0 spiro atoms. The Balaban J connectivity index is 1.69. The molecule has 1 aromatic rings. The van der Waals surface area contributed by atoms with Crippen molar-refractivity contribution < 1.29 is 17.8 Å². The lowest BCUT2D eigenvalue weighted by atomic mass is 9.55. The average molecular weight is 377 g/mol. The zero-order valence-corrected chi connectivity index (χ0v) is 16.6. The first kappa shape index (κ1) is 18.2. The molecule has 3 aliphatic carbocycles. The molecule has 2 saturated carbocycles. The van der Waals surface area contributed by atoms with E-state index in [9.17, 15) is 17.8 Å². The van der Waals surface area contributed by atoms with Gasteiger partial charge in [-0.15, -0.1) is 0 Å². The van der Waals surface area contributed by atoms with Crippen molar-refractivity contribution in [3.63, 3.8) is 0 Å². The second-order valence-electron chi connectivity index (χ2n) is 9.23. The van der Waals surface area contributed by atoms with Crippen LogP contribution in [0.25, 0.3) is 0 Å². The fourth-order valence-electron chi connectivity index (χ4n) is 5.88. The normalized spacial score (nSPS) is 34.2. The number of benzene rings is 1. The summed E-state index contributed by atoms with van der Waals surface area (Å²) in [6, 6.07) is 5.92. The van der Waals surface area contributed by atoms with E-state index in [1.807, 2.05) is 12.1 Å². The van der Waals surface area contributed by atoms with Gasteiger partial charge in [-0.3, -0.25) is 9.35 Å². The van der Waals surface area contributed by atoms with Crippen LogP contribution < -0.4 is 0 Å². The molecule has 26 heavy (non-hydrogen) atoms. The molecule has 0 aromatic heterocycles. The first-order valence-electron chi connectivity index (χ1n) is 9.69. The minimum absolute atomic E-state index is 0.119. The Morgan fingerprint density at radius 1 is 1.15 bits per heavy atom. The molecule has 3 aliphatic rings. The van der Waals surface area contributed by atoms with Crippen LogP contribution >= 0.6 is 0 Å². The van der Waals surface area contributed by atoms with Crippen molar-refractivity contribution in [2.45, 2.75) is 70.0 Å². The number of carbonyl (C=O) groups excluding carboxylic acids is 1. The fourth-order valence-corrected chi connectivity index (χ4v) is 6.30. The van der Waals surface area contributed by atoms with Crippen LogP contribution in [-0.2, 0) is 26.1 Å². The highest BCUT2D eigenvalue weighted by Gasteiger charge is 2.54. The van der Waals surface area contributed by atoms with Crippen LogP contribution in [0.5, 0.6) is 0 Å². The highest BCUT2D eigenvalue weighted by molar-refractivity contribution is 7.86. The van der Waals surface area contributed by atoms with Gasteiger partial charge in [-0.25, -0.2) is 0 Å². The Morgan fingerprint density at radius 3 is 2.58 bits per heavy atom. The second kappa shape index (κ2) is 5.65. The van der Waals surface area contributed by atoms with E-state index in [0.717, 1.165) is 38.5 Å². The first-order chi connectivity index (χ1) is 12.1. The molecule has 4 atom stereocenters. The van der Waals surface area contributed by atoms with Crippen LogP contribution in [0.1, 0.15) is 75.5 Å². The number of hydrogen-bond acceptors (Lipinski definition) is 3. The molecule has 0 saturated heterocycles. The van der Waals surface area contributed by atoms with Crippen molar-refractivity contribution in [3.8, 4) is 0 Å². The van der Waals surface area contributed by atoms with Gasteiger partial charge in [0.1, 0.15) is 10.5 Å². The number of rotatable bonds is 2. The Bertz CT molecular complexity index is 870. The maximum Gasteiger partial charge on any atom is 0.274 e. The number of carbonyl (C=O) groups is 1. The second-order valence-corrected chi connectivity index (χ2v) is 11.2. The van der Waals surface area contributed by atoms with Gasteiger partial charge in [0.05, 0.1) is 0 Å². The summed E-state index contributed by atoms with van der Waals surface area (Å²) in [7, 11) is -4.17. The summed E-state index contributed by atoms with van der Waals surface area (Å²) in [6.45, 7) is 5.27. The van der Waals surface area contributed by atoms with Crippen LogP contribution in [0, 0.1) is 17.3 Å². The van der Waals surface area contributed by atoms with Crippen molar-refractivity contribution in [1.82, 2.24) is 0 Å². The van der Waals surface area contributed by atoms with Gasteiger partial charge >= 0.3 is 0 Å². The van der Waals surface area contributed by atoms with Crippen LogP contribution in [0.4, 0.5) is 0 Å². The summed E-state index contributed by atoms with van der Waals surface area (Å²) >= 11 is 0. The smallest absolute Gasteiger partial charge is 0.274 e. The van der Waals surface area contributed by atoms with Crippen molar-refractivity contribution >= 4 is 15.9 Å². The van der Waals surface area contributed by atoms with E-state index in [1.54, 1.807) is 13.8 Å². The summed E-state index contributed by atoms with van der Waals surface area (Å²) in [5, 5.41) is 0. The quantitative estimate of drug-likeness (QED) is 0.784. The zero-order chi connectivity index (χ0) is 18.9. The van der Waals surface area contributed by atoms with E-state index in [4.69, 9.17) is 0 Å². The lowest BCUT2D eigenvalue weighted by molar-refractivity contribution is -0.129. The molecule has 0 aliphatic heterocycles. The van der Waals surface area contributed by atoms with Gasteiger partial charge in [-0.2, -0.15) is 8.42 Å². The average Bonchev–Trinajstić information content (AvgIpc) is 2.88. The molecule has 0 unspecified atom stereocenters. The molecule has 4 nitrogen and oxygen atoms in total. The van der Waals surface area contributed by atoms with Crippen LogP contribution in [0.15, 0.2) is 18.2 Å². The van der Waals surface area contributed by atoms with Gasteiger partial charge < -0.3 is 0 Å². The Morgan fingerprint density at radius 2 is 1.88 bits per heavy atom. The number of aryl methyl sites for hydroxylation is 1. The fraction of sp³-hybridized carbons (Fsp3) is 0.667. The van der Waals surface area contributed by atoms with Gasteiger partial charge in [-0.05, 0) is 80.4 Å². The predicted octanol–water partition coefficient (Wildman–Crippen LogP) is 4.23. The summed E-state index contributed by atoms with van der Waals surface area (Å²) < 4.78 is 31.8. The summed E-state index contributed by atoms with van der Waals surface area (Å²) in [5.74, 6) is 1.99. The van der Waals surface area contributed by atoms with Crippen LogP contribution in [0.3, 0.4) is 0 Å². The Labute approximate surface area is 156 Å². The molecule has 0 amide bonds. The number of hydrogen-bond donors (Lipinski definition) is 1. The van der Waals surface area contributed by atoms with Crippen LogP contribution in [-0.4, -0.2) is 18.8 Å². The number of fused-ring (bicyclic) bond motifs is 5. The summed E-state index contributed by atoms with van der Waals surface area (Å²) in [4.78, 5) is 12.4. The third kappa shape index (κ3) is 2.43. The van der Waals surface area contributed by atoms with Gasteiger partial charge in [0.25, 0.3) is 10.1 Å².